The van der Waals surface area contributed by atoms with Crippen LogP contribution in [0.5, 0.6) is 5.75 Å². The highest BCUT2D eigenvalue weighted by Crippen LogP contribution is 2.28. The second-order valence-corrected chi connectivity index (χ2v) is 6.29. The van der Waals surface area contributed by atoms with Crippen LogP contribution >= 0.6 is 0 Å². The molecule has 7 nitrogen and oxygen atoms in total. The lowest BCUT2D eigenvalue weighted by molar-refractivity contribution is -0.140. The maximum absolute atomic E-state index is 12.2. The highest BCUT2D eigenvalue weighted by atomic mass is 16.5. The quantitative estimate of drug-likeness (QED) is 0.433. The highest BCUT2D eigenvalue weighted by molar-refractivity contribution is 5.84. The maximum Gasteiger partial charge on any atom is 0.336 e. The molecule has 0 aliphatic rings. The molecule has 0 aliphatic carbocycles. The van der Waals surface area contributed by atoms with Crippen LogP contribution in [0.15, 0.2) is 27.4 Å². The number of carbonyl (C=O) groups excluding carboxylic acids is 2. The lowest BCUT2D eigenvalue weighted by Gasteiger charge is -2.17. The Morgan fingerprint density at radius 3 is 2.67 bits per heavy atom. The van der Waals surface area contributed by atoms with Crippen LogP contribution in [-0.4, -0.2) is 31.6 Å². The van der Waals surface area contributed by atoms with E-state index in [0.717, 1.165) is 16.5 Å². The van der Waals surface area contributed by atoms with Crippen LogP contribution < -0.4 is 15.7 Å². The van der Waals surface area contributed by atoms with Gasteiger partial charge in [0.2, 0.25) is 0 Å². The lowest BCUT2D eigenvalue weighted by Crippen LogP contribution is -2.37. The number of benzene rings is 1. The van der Waals surface area contributed by atoms with Crippen molar-refractivity contribution in [1.29, 1.82) is 0 Å². The Kier molecular flexibility index (Phi) is 6.98. The van der Waals surface area contributed by atoms with Crippen LogP contribution in [0.25, 0.3) is 11.0 Å². The van der Waals surface area contributed by atoms with Gasteiger partial charge in [-0.25, -0.2) is 4.79 Å². The van der Waals surface area contributed by atoms with Crippen molar-refractivity contribution in [1.82, 2.24) is 5.32 Å². The van der Waals surface area contributed by atoms with Crippen LogP contribution in [0.4, 0.5) is 0 Å². The van der Waals surface area contributed by atoms with Gasteiger partial charge in [-0.3, -0.25) is 9.59 Å². The molecule has 7 heteroatoms. The number of aryl methyl sites for hydroxylation is 2. The summed E-state index contributed by atoms with van der Waals surface area (Å²) in [7, 11) is 1.33. The molecule has 1 atom stereocenters. The summed E-state index contributed by atoms with van der Waals surface area (Å²) in [5.41, 5.74) is 1.76. The van der Waals surface area contributed by atoms with E-state index in [-0.39, 0.29) is 18.3 Å². The van der Waals surface area contributed by atoms with E-state index in [0.29, 0.717) is 30.7 Å². The molecule has 146 valence electrons. The Bertz CT molecular complexity index is 886. The molecule has 1 aromatic carbocycles. The summed E-state index contributed by atoms with van der Waals surface area (Å²) in [6.45, 7) is 5.84. The summed E-state index contributed by atoms with van der Waals surface area (Å²) in [5, 5.41) is 3.58. The van der Waals surface area contributed by atoms with E-state index in [4.69, 9.17) is 9.15 Å². The molecule has 1 unspecified atom stereocenters. The molecular weight excluding hydrogens is 350 g/mol. The number of esters is 1. The normalized spacial score (nSPS) is 11.9. The van der Waals surface area contributed by atoms with Crippen molar-refractivity contribution in [3.63, 3.8) is 0 Å². The summed E-state index contributed by atoms with van der Waals surface area (Å²) in [5.74, 6) is -0.0854. The Morgan fingerprint density at radius 1 is 1.26 bits per heavy atom. The van der Waals surface area contributed by atoms with Gasteiger partial charge in [0, 0.05) is 30.5 Å². The summed E-state index contributed by atoms with van der Waals surface area (Å²) in [6.07, 6.45) is 0.709. The smallest absolute Gasteiger partial charge is 0.336 e. The predicted octanol–water partition coefficient (Wildman–Crippen LogP) is 2.50. The van der Waals surface area contributed by atoms with Gasteiger partial charge in [-0.15, -0.1) is 0 Å². The minimum absolute atomic E-state index is 0.245. The Hall–Kier alpha value is -2.83. The van der Waals surface area contributed by atoms with E-state index in [9.17, 15) is 14.4 Å². The number of rotatable bonds is 8. The van der Waals surface area contributed by atoms with Crippen LogP contribution in [0, 0.1) is 6.92 Å². The van der Waals surface area contributed by atoms with Gasteiger partial charge in [-0.2, -0.15) is 0 Å². The molecule has 0 fully saturated rings. The summed E-state index contributed by atoms with van der Waals surface area (Å²) < 4.78 is 15.6. The average molecular weight is 375 g/mol. The number of amides is 1. The van der Waals surface area contributed by atoms with Crippen LogP contribution in [-0.2, 0) is 20.7 Å². The van der Waals surface area contributed by atoms with Gasteiger partial charge in [-0.05, 0) is 43.9 Å². The summed E-state index contributed by atoms with van der Waals surface area (Å²) in [6, 6.07) is 5.03. The van der Waals surface area contributed by atoms with E-state index in [1.807, 2.05) is 19.9 Å². The van der Waals surface area contributed by atoms with Crippen molar-refractivity contribution in [3.8, 4) is 5.75 Å². The van der Waals surface area contributed by atoms with Gasteiger partial charge in [0.05, 0.1) is 7.11 Å². The fourth-order valence-corrected chi connectivity index (χ4v) is 2.71. The van der Waals surface area contributed by atoms with E-state index >= 15 is 0 Å². The second kappa shape index (κ2) is 9.21. The molecule has 1 N–H and O–H groups in total. The standard InChI is InChI=1S/C20H25NO6/c1-5-14-10-15-12(2)9-19(23)27-17(15)11-16(14)26-13(3)20(24)21-8-6-7-18(22)25-4/h9-11,13H,5-8H2,1-4H3,(H,21,24). The third-order valence-electron chi connectivity index (χ3n) is 4.27. The number of methoxy groups -OCH3 is 1. The minimum atomic E-state index is -0.734. The maximum atomic E-state index is 12.2. The van der Waals surface area contributed by atoms with Crippen LogP contribution in [0.3, 0.4) is 0 Å². The lowest BCUT2D eigenvalue weighted by atomic mass is 10.1. The number of fused-ring (bicyclic) bond motifs is 1. The summed E-state index contributed by atoms with van der Waals surface area (Å²) in [4.78, 5) is 34.9. The van der Waals surface area contributed by atoms with Crippen molar-refractivity contribution in [3.05, 3.63) is 39.7 Å². The van der Waals surface area contributed by atoms with E-state index in [2.05, 4.69) is 10.1 Å². The molecule has 0 spiro atoms. The van der Waals surface area contributed by atoms with Gasteiger partial charge < -0.3 is 19.2 Å². The van der Waals surface area contributed by atoms with Gasteiger partial charge >= 0.3 is 11.6 Å². The molecular formula is C20H25NO6. The number of carbonyl (C=O) groups is 2. The molecule has 0 aliphatic heterocycles. The Labute approximate surface area is 157 Å². The first kappa shape index (κ1) is 20.5. The molecule has 1 amide bonds. The molecule has 27 heavy (non-hydrogen) atoms. The largest absolute Gasteiger partial charge is 0.480 e. The van der Waals surface area contributed by atoms with E-state index < -0.39 is 11.7 Å². The second-order valence-electron chi connectivity index (χ2n) is 6.29. The van der Waals surface area contributed by atoms with Gasteiger partial charge in [-0.1, -0.05) is 6.92 Å². The SMILES string of the molecule is CCc1cc2c(C)cc(=O)oc2cc1OC(C)C(=O)NCCCC(=O)OC. The predicted molar refractivity (Wildman–Crippen MR) is 101 cm³/mol. The third kappa shape index (κ3) is 5.32. The van der Waals surface area contributed by atoms with Crippen molar-refractivity contribution in [2.45, 2.75) is 46.1 Å². The van der Waals surface area contributed by atoms with Gasteiger partial charge in [0.15, 0.2) is 6.10 Å². The van der Waals surface area contributed by atoms with Crippen molar-refractivity contribution in [2.75, 3.05) is 13.7 Å². The topological polar surface area (TPSA) is 94.8 Å². The monoisotopic (exact) mass is 375 g/mol. The Morgan fingerprint density at radius 2 is 2.00 bits per heavy atom. The first-order valence-electron chi connectivity index (χ1n) is 8.94. The highest BCUT2D eigenvalue weighted by Gasteiger charge is 2.17. The fourth-order valence-electron chi connectivity index (χ4n) is 2.71. The number of nitrogens with one attached hydrogen (secondary N) is 1. The number of ether oxygens (including phenoxy) is 2. The minimum Gasteiger partial charge on any atom is -0.480 e. The molecule has 0 saturated carbocycles. The van der Waals surface area contributed by atoms with Crippen molar-refractivity contribution in [2.24, 2.45) is 0 Å². The zero-order valence-corrected chi connectivity index (χ0v) is 16.1. The van der Waals surface area contributed by atoms with Crippen LogP contribution in [0.2, 0.25) is 0 Å². The van der Waals surface area contributed by atoms with E-state index in [1.165, 1.54) is 13.2 Å². The van der Waals surface area contributed by atoms with Crippen LogP contribution in [0.1, 0.15) is 37.8 Å². The van der Waals surface area contributed by atoms with Gasteiger partial charge in [0.25, 0.3) is 5.91 Å². The van der Waals surface area contributed by atoms with Gasteiger partial charge in [0.1, 0.15) is 11.3 Å². The summed E-state index contributed by atoms with van der Waals surface area (Å²) >= 11 is 0. The molecule has 2 rings (SSSR count). The first-order valence-corrected chi connectivity index (χ1v) is 8.94. The molecule has 0 bridgehead atoms. The van der Waals surface area contributed by atoms with E-state index in [1.54, 1.807) is 13.0 Å². The zero-order valence-electron chi connectivity index (χ0n) is 16.1. The van der Waals surface area contributed by atoms with Crippen molar-refractivity contribution >= 4 is 22.8 Å². The molecule has 1 heterocycles. The molecule has 1 aromatic heterocycles. The Balaban J connectivity index is 2.08. The molecule has 2 aromatic rings. The average Bonchev–Trinajstić information content (AvgIpc) is 2.64. The van der Waals surface area contributed by atoms with Crippen molar-refractivity contribution < 1.29 is 23.5 Å². The number of hydrogen-bond donors (Lipinski definition) is 1. The fraction of sp³-hybridized carbons (Fsp3) is 0.450. The zero-order chi connectivity index (χ0) is 20.0. The first-order chi connectivity index (χ1) is 12.8. The number of hydrogen-bond acceptors (Lipinski definition) is 6. The molecule has 0 saturated heterocycles. The molecule has 0 radical (unpaired) electrons. The third-order valence-corrected chi connectivity index (χ3v) is 4.27.